The summed E-state index contributed by atoms with van der Waals surface area (Å²) in [6, 6.07) is 7.96. The first-order chi connectivity index (χ1) is 14.1. The van der Waals surface area contributed by atoms with Crippen molar-refractivity contribution in [3.05, 3.63) is 56.1 Å². The Morgan fingerprint density at radius 2 is 2.07 bits per heavy atom. The summed E-state index contributed by atoms with van der Waals surface area (Å²) in [5, 5.41) is 12.3. The number of hydrogen-bond acceptors (Lipinski definition) is 6. The number of benzene rings is 1. The van der Waals surface area contributed by atoms with E-state index in [1.165, 1.54) is 24.2 Å². The molecule has 29 heavy (non-hydrogen) atoms. The number of H-pyrrole nitrogens is 1. The van der Waals surface area contributed by atoms with E-state index in [0.29, 0.717) is 22.9 Å². The molecule has 0 radical (unpaired) electrons. The average Bonchev–Trinajstić information content (AvgIpc) is 3.34. The highest BCUT2D eigenvalue weighted by molar-refractivity contribution is 9.10. The molecule has 0 unspecified atom stereocenters. The van der Waals surface area contributed by atoms with E-state index >= 15 is 0 Å². The van der Waals surface area contributed by atoms with Crippen LogP contribution in [0.5, 0.6) is 0 Å². The molecule has 1 aliphatic carbocycles. The Balaban J connectivity index is 1.42. The number of thiophene rings is 1. The highest BCUT2D eigenvalue weighted by Gasteiger charge is 2.30. The summed E-state index contributed by atoms with van der Waals surface area (Å²) in [6.45, 7) is 2.96. The molecule has 9 heteroatoms. The first kappa shape index (κ1) is 19.0. The van der Waals surface area contributed by atoms with Crippen molar-refractivity contribution >= 4 is 49.2 Å². The minimum Gasteiger partial charge on any atom is -0.309 e. The van der Waals surface area contributed by atoms with Crippen molar-refractivity contribution in [2.45, 2.75) is 43.1 Å². The number of aromatic amines is 1. The summed E-state index contributed by atoms with van der Waals surface area (Å²) in [5.41, 5.74) is 1.84. The Bertz CT molecular complexity index is 1240. The number of hydrogen-bond donors (Lipinski definition) is 1. The molecule has 1 aromatic carbocycles. The van der Waals surface area contributed by atoms with Crippen LogP contribution in [0.4, 0.5) is 0 Å². The summed E-state index contributed by atoms with van der Waals surface area (Å²) in [7, 11) is 0. The van der Waals surface area contributed by atoms with E-state index in [2.05, 4.69) is 42.6 Å². The van der Waals surface area contributed by atoms with Crippen molar-refractivity contribution in [1.29, 1.82) is 0 Å². The second-order valence-electron chi connectivity index (χ2n) is 7.00. The van der Waals surface area contributed by atoms with Crippen molar-refractivity contribution in [2.24, 2.45) is 0 Å². The number of thioether (sulfide) groups is 1. The quantitative estimate of drug-likeness (QED) is 0.378. The van der Waals surface area contributed by atoms with E-state index in [-0.39, 0.29) is 5.56 Å². The van der Waals surface area contributed by atoms with Crippen molar-refractivity contribution in [1.82, 2.24) is 24.7 Å². The van der Waals surface area contributed by atoms with E-state index in [9.17, 15) is 4.79 Å². The smallest absolute Gasteiger partial charge is 0.260 e. The normalized spacial score (nSPS) is 14.0. The molecule has 0 spiro atoms. The van der Waals surface area contributed by atoms with E-state index < -0.39 is 0 Å². The van der Waals surface area contributed by atoms with Crippen molar-refractivity contribution < 1.29 is 0 Å². The highest BCUT2D eigenvalue weighted by atomic mass is 79.9. The third-order valence-electron chi connectivity index (χ3n) is 4.99. The van der Waals surface area contributed by atoms with Gasteiger partial charge in [0.2, 0.25) is 0 Å². The van der Waals surface area contributed by atoms with Crippen LogP contribution in [0.15, 0.2) is 44.1 Å². The van der Waals surface area contributed by atoms with Crippen molar-refractivity contribution in [3.8, 4) is 11.1 Å². The molecule has 0 bridgehead atoms. The Morgan fingerprint density at radius 3 is 2.79 bits per heavy atom. The summed E-state index contributed by atoms with van der Waals surface area (Å²) >= 11 is 6.52. The molecule has 0 amide bonds. The molecule has 4 aromatic rings. The monoisotopic (exact) mass is 487 g/mol. The van der Waals surface area contributed by atoms with Crippen LogP contribution in [0.3, 0.4) is 0 Å². The zero-order chi connectivity index (χ0) is 20.0. The Kier molecular flexibility index (Phi) is 5.05. The lowest BCUT2D eigenvalue weighted by molar-refractivity contribution is 0.643. The number of halogens is 1. The maximum Gasteiger partial charge on any atom is 0.260 e. The predicted molar refractivity (Wildman–Crippen MR) is 121 cm³/mol. The van der Waals surface area contributed by atoms with E-state index in [4.69, 9.17) is 4.98 Å². The summed E-state index contributed by atoms with van der Waals surface area (Å²) in [4.78, 5) is 21.2. The average molecular weight is 488 g/mol. The fourth-order valence-electron chi connectivity index (χ4n) is 3.38. The van der Waals surface area contributed by atoms with Gasteiger partial charge in [-0.2, -0.15) is 0 Å². The van der Waals surface area contributed by atoms with Crippen molar-refractivity contribution in [3.63, 3.8) is 0 Å². The Morgan fingerprint density at radius 1 is 1.28 bits per heavy atom. The molecular weight excluding hydrogens is 470 g/mol. The van der Waals surface area contributed by atoms with Crippen LogP contribution in [0, 0.1) is 0 Å². The minimum atomic E-state index is -0.0969. The van der Waals surface area contributed by atoms with E-state index in [1.807, 2.05) is 29.6 Å². The number of rotatable bonds is 6. The topological polar surface area (TPSA) is 76.5 Å². The summed E-state index contributed by atoms with van der Waals surface area (Å²) < 4.78 is 3.19. The molecular formula is C20H18BrN5OS2. The molecule has 0 atom stereocenters. The van der Waals surface area contributed by atoms with E-state index in [0.717, 1.165) is 38.0 Å². The first-order valence-corrected chi connectivity index (χ1v) is 12.1. The zero-order valence-corrected chi connectivity index (χ0v) is 18.9. The number of fused-ring (bicyclic) bond motifs is 1. The fourth-order valence-corrected chi connectivity index (χ4v) is 5.49. The lowest BCUT2D eigenvalue weighted by atomic mass is 10.1. The maximum atomic E-state index is 12.8. The van der Waals surface area contributed by atoms with Gasteiger partial charge in [-0.1, -0.05) is 39.8 Å². The summed E-state index contributed by atoms with van der Waals surface area (Å²) in [6.07, 6.45) is 2.40. The zero-order valence-electron chi connectivity index (χ0n) is 15.7. The highest BCUT2D eigenvalue weighted by Crippen LogP contribution is 2.40. The van der Waals surface area contributed by atoms with Crippen LogP contribution in [0.1, 0.15) is 37.3 Å². The molecule has 3 aromatic heterocycles. The molecule has 0 saturated heterocycles. The SMILES string of the molecule is CCn1c(SCc2nc3scc(-c4ccc(Br)cc4)c3c(=O)[nH]2)nnc1C1CC1. The number of nitrogens with one attached hydrogen (secondary N) is 1. The second kappa shape index (κ2) is 7.70. The molecule has 1 fully saturated rings. The lowest BCUT2D eigenvalue weighted by Crippen LogP contribution is -2.11. The third kappa shape index (κ3) is 3.67. The van der Waals surface area contributed by atoms with Crippen LogP contribution in [0.25, 0.3) is 21.3 Å². The molecule has 148 valence electrons. The second-order valence-corrected chi connectivity index (χ2v) is 9.71. The molecule has 3 heterocycles. The van der Waals surface area contributed by atoms with Gasteiger partial charge in [-0.15, -0.1) is 21.5 Å². The fraction of sp³-hybridized carbons (Fsp3) is 0.300. The molecule has 1 aliphatic rings. The van der Waals surface area contributed by atoms with Crippen LogP contribution in [0.2, 0.25) is 0 Å². The summed E-state index contributed by atoms with van der Waals surface area (Å²) in [5.74, 6) is 2.87. The van der Waals surface area contributed by atoms with Gasteiger partial charge in [0.1, 0.15) is 16.5 Å². The van der Waals surface area contributed by atoms with Crippen LogP contribution in [-0.4, -0.2) is 24.7 Å². The van der Waals surface area contributed by atoms with Gasteiger partial charge in [-0.3, -0.25) is 4.79 Å². The van der Waals surface area contributed by atoms with Gasteiger partial charge in [-0.05, 0) is 37.5 Å². The van der Waals surface area contributed by atoms with Crippen LogP contribution >= 0.6 is 39.0 Å². The van der Waals surface area contributed by atoms with Gasteiger partial charge >= 0.3 is 0 Å². The standard InChI is InChI=1S/C20H18BrN5OS2/c1-2-26-17(12-3-4-12)24-25-20(26)29-10-15-22-18(27)16-14(9-28-19(16)23-15)11-5-7-13(21)8-6-11/h5-9,12H,2-4,10H2,1H3,(H,22,23,27). The third-order valence-corrected chi connectivity index (χ3v) is 7.37. The van der Waals surface area contributed by atoms with Crippen LogP contribution in [-0.2, 0) is 12.3 Å². The van der Waals surface area contributed by atoms with Gasteiger partial charge in [-0.25, -0.2) is 4.98 Å². The van der Waals surface area contributed by atoms with Gasteiger partial charge < -0.3 is 9.55 Å². The largest absolute Gasteiger partial charge is 0.309 e. The molecule has 5 rings (SSSR count). The van der Waals surface area contributed by atoms with E-state index in [1.54, 1.807) is 11.8 Å². The Labute approximate surface area is 183 Å². The number of aromatic nitrogens is 5. The molecule has 1 N–H and O–H groups in total. The van der Waals surface area contributed by atoms with Gasteiger partial charge in [0, 0.05) is 27.9 Å². The molecule has 0 aliphatic heterocycles. The lowest BCUT2D eigenvalue weighted by Gasteiger charge is -2.06. The van der Waals surface area contributed by atoms with Crippen molar-refractivity contribution in [2.75, 3.05) is 0 Å². The van der Waals surface area contributed by atoms with Gasteiger partial charge in [0.15, 0.2) is 5.16 Å². The minimum absolute atomic E-state index is 0.0969. The van der Waals surface area contributed by atoms with Gasteiger partial charge in [0.05, 0.1) is 11.1 Å². The first-order valence-electron chi connectivity index (χ1n) is 9.46. The van der Waals surface area contributed by atoms with Crippen LogP contribution < -0.4 is 5.56 Å². The molecule has 1 saturated carbocycles. The predicted octanol–water partition coefficient (Wildman–Crippen LogP) is 5.20. The Hall–Kier alpha value is -1.97. The van der Waals surface area contributed by atoms with Gasteiger partial charge in [0.25, 0.3) is 5.56 Å². The maximum absolute atomic E-state index is 12.8. The molecule has 6 nitrogen and oxygen atoms in total. The number of nitrogens with zero attached hydrogens (tertiary/aromatic N) is 4.